The lowest BCUT2D eigenvalue weighted by Crippen LogP contribution is -2.35. The van der Waals surface area contributed by atoms with Crippen LogP contribution in [-0.4, -0.2) is 31.1 Å². The first-order valence-corrected chi connectivity index (χ1v) is 9.02. The lowest BCUT2D eigenvalue weighted by molar-refractivity contribution is 0.189. The zero-order chi connectivity index (χ0) is 13.5. The van der Waals surface area contributed by atoms with Crippen LogP contribution in [0.5, 0.6) is 0 Å². The second kappa shape index (κ2) is 8.40. The molecule has 19 heavy (non-hydrogen) atoms. The number of nitrogens with zero attached hydrogens (tertiary/aromatic N) is 1. The molecule has 0 bridgehead atoms. The summed E-state index contributed by atoms with van der Waals surface area (Å²) in [5, 5.41) is 3.54. The van der Waals surface area contributed by atoms with Crippen LogP contribution in [0.15, 0.2) is 15.9 Å². The monoisotopic (exact) mass is 344 g/mol. The van der Waals surface area contributed by atoms with Crippen LogP contribution in [0, 0.1) is 0 Å². The molecule has 108 valence electrons. The van der Waals surface area contributed by atoms with Gasteiger partial charge in [-0.15, -0.1) is 11.3 Å². The molecule has 1 aliphatic rings. The number of hydrogen-bond acceptors (Lipinski definition) is 3. The molecule has 1 fully saturated rings. The molecule has 0 atom stereocenters. The third-order valence-corrected chi connectivity index (χ3v) is 5.61. The Bertz CT molecular complexity index is 361. The Morgan fingerprint density at radius 2 is 2.11 bits per heavy atom. The van der Waals surface area contributed by atoms with Crippen LogP contribution in [0.3, 0.4) is 0 Å². The van der Waals surface area contributed by atoms with E-state index in [-0.39, 0.29) is 0 Å². The summed E-state index contributed by atoms with van der Waals surface area (Å²) in [5.41, 5.74) is 0. The Kier molecular flexibility index (Phi) is 6.85. The van der Waals surface area contributed by atoms with Gasteiger partial charge in [-0.05, 0) is 67.5 Å². The van der Waals surface area contributed by atoms with Crippen molar-refractivity contribution in [2.75, 3.05) is 20.1 Å². The highest BCUT2D eigenvalue weighted by molar-refractivity contribution is 9.11. The van der Waals surface area contributed by atoms with Crippen LogP contribution >= 0.6 is 27.3 Å². The van der Waals surface area contributed by atoms with Crippen molar-refractivity contribution in [2.45, 2.75) is 51.1 Å². The first-order chi connectivity index (χ1) is 9.25. The van der Waals surface area contributed by atoms with Gasteiger partial charge in [0.05, 0.1) is 3.79 Å². The number of nitrogens with one attached hydrogen (secondary N) is 1. The van der Waals surface area contributed by atoms with E-state index in [1.807, 2.05) is 11.3 Å². The van der Waals surface area contributed by atoms with Crippen molar-refractivity contribution in [1.82, 2.24) is 10.2 Å². The third-order valence-electron chi connectivity index (χ3n) is 3.99. The summed E-state index contributed by atoms with van der Waals surface area (Å²) in [4.78, 5) is 3.98. The van der Waals surface area contributed by atoms with Crippen molar-refractivity contribution in [3.63, 3.8) is 0 Å². The molecule has 0 spiro atoms. The van der Waals surface area contributed by atoms with Crippen molar-refractivity contribution >= 4 is 27.3 Å². The minimum atomic E-state index is 0.849. The molecule has 0 aromatic carbocycles. The maximum absolute atomic E-state index is 3.54. The number of thiophene rings is 1. The lowest BCUT2D eigenvalue weighted by Gasteiger charge is -2.31. The van der Waals surface area contributed by atoms with E-state index in [1.54, 1.807) is 0 Å². The van der Waals surface area contributed by atoms with Crippen LogP contribution in [-0.2, 0) is 6.54 Å². The molecule has 0 unspecified atom stereocenters. The molecule has 0 saturated heterocycles. The molecule has 0 radical (unpaired) electrons. The predicted octanol–water partition coefficient (Wildman–Crippen LogP) is 4.25. The molecule has 1 heterocycles. The van der Waals surface area contributed by atoms with Gasteiger partial charge in [0.25, 0.3) is 0 Å². The van der Waals surface area contributed by atoms with Gasteiger partial charge in [0.2, 0.25) is 0 Å². The van der Waals surface area contributed by atoms with Gasteiger partial charge in [0, 0.05) is 17.5 Å². The number of hydrogen-bond donors (Lipinski definition) is 1. The van der Waals surface area contributed by atoms with E-state index in [4.69, 9.17) is 0 Å². The van der Waals surface area contributed by atoms with Crippen LogP contribution in [0.4, 0.5) is 0 Å². The van der Waals surface area contributed by atoms with Gasteiger partial charge >= 0.3 is 0 Å². The zero-order valence-electron chi connectivity index (χ0n) is 11.8. The van der Waals surface area contributed by atoms with E-state index in [0.717, 1.165) is 19.1 Å². The number of halogens is 1. The molecule has 0 aliphatic heterocycles. The second-order valence-corrected chi connectivity index (χ2v) is 8.06. The van der Waals surface area contributed by atoms with Gasteiger partial charge in [0.15, 0.2) is 0 Å². The highest BCUT2D eigenvalue weighted by Crippen LogP contribution is 2.22. The van der Waals surface area contributed by atoms with E-state index >= 15 is 0 Å². The van der Waals surface area contributed by atoms with E-state index in [2.05, 4.69) is 45.3 Å². The standard InChI is InChI=1S/C15H25BrN2S/c1-18(13-6-3-2-4-7-13)11-5-10-17-12-14-8-9-15(16)19-14/h8-9,13,17H,2-7,10-12H2,1H3. The number of rotatable bonds is 7. The average molecular weight is 345 g/mol. The maximum atomic E-state index is 3.54. The molecule has 1 aromatic rings. The summed E-state index contributed by atoms with van der Waals surface area (Å²) in [6.45, 7) is 3.35. The Labute approximate surface area is 129 Å². The first kappa shape index (κ1) is 15.5. The van der Waals surface area contributed by atoms with Crippen molar-refractivity contribution in [3.05, 3.63) is 20.8 Å². The van der Waals surface area contributed by atoms with E-state index in [9.17, 15) is 0 Å². The van der Waals surface area contributed by atoms with Gasteiger partial charge in [-0.3, -0.25) is 0 Å². The van der Waals surface area contributed by atoms with E-state index in [0.29, 0.717) is 0 Å². The Hall–Kier alpha value is 0.1000. The van der Waals surface area contributed by atoms with E-state index in [1.165, 1.54) is 53.7 Å². The molecular formula is C15H25BrN2S. The normalized spacial score (nSPS) is 17.2. The lowest BCUT2D eigenvalue weighted by atomic mass is 9.94. The van der Waals surface area contributed by atoms with Crippen LogP contribution < -0.4 is 5.32 Å². The Morgan fingerprint density at radius 1 is 1.32 bits per heavy atom. The van der Waals surface area contributed by atoms with Crippen molar-refractivity contribution in [1.29, 1.82) is 0 Å². The predicted molar refractivity (Wildman–Crippen MR) is 87.8 cm³/mol. The molecular weight excluding hydrogens is 320 g/mol. The topological polar surface area (TPSA) is 15.3 Å². The summed E-state index contributed by atoms with van der Waals surface area (Å²) in [6.07, 6.45) is 8.38. The molecule has 1 aromatic heterocycles. The van der Waals surface area contributed by atoms with Crippen LogP contribution in [0.25, 0.3) is 0 Å². The Balaban J connectivity index is 1.53. The van der Waals surface area contributed by atoms with Gasteiger partial charge in [-0.25, -0.2) is 0 Å². The first-order valence-electron chi connectivity index (χ1n) is 7.41. The fraction of sp³-hybridized carbons (Fsp3) is 0.733. The maximum Gasteiger partial charge on any atom is 0.0701 e. The van der Waals surface area contributed by atoms with Gasteiger partial charge in [-0.2, -0.15) is 0 Å². The van der Waals surface area contributed by atoms with Gasteiger partial charge in [0.1, 0.15) is 0 Å². The van der Waals surface area contributed by atoms with Gasteiger partial charge in [-0.1, -0.05) is 19.3 Å². The molecule has 1 aliphatic carbocycles. The highest BCUT2D eigenvalue weighted by Gasteiger charge is 2.16. The largest absolute Gasteiger partial charge is 0.312 e. The Morgan fingerprint density at radius 3 is 2.79 bits per heavy atom. The molecule has 4 heteroatoms. The molecule has 1 N–H and O–H groups in total. The summed E-state index contributed by atoms with van der Waals surface area (Å²) in [6, 6.07) is 5.16. The summed E-state index contributed by atoms with van der Waals surface area (Å²) in [5.74, 6) is 0. The minimum Gasteiger partial charge on any atom is -0.312 e. The fourth-order valence-electron chi connectivity index (χ4n) is 2.82. The van der Waals surface area contributed by atoms with Crippen LogP contribution in [0.1, 0.15) is 43.4 Å². The van der Waals surface area contributed by atoms with Crippen molar-refractivity contribution in [2.24, 2.45) is 0 Å². The highest BCUT2D eigenvalue weighted by atomic mass is 79.9. The second-order valence-electron chi connectivity index (χ2n) is 5.51. The summed E-state index contributed by atoms with van der Waals surface area (Å²) < 4.78 is 1.22. The molecule has 2 rings (SSSR count). The molecule has 2 nitrogen and oxygen atoms in total. The SMILES string of the molecule is CN(CCCNCc1ccc(Br)s1)C1CCCCC1. The van der Waals surface area contributed by atoms with Gasteiger partial charge < -0.3 is 10.2 Å². The third kappa shape index (κ3) is 5.54. The minimum absolute atomic E-state index is 0.849. The van der Waals surface area contributed by atoms with E-state index < -0.39 is 0 Å². The van der Waals surface area contributed by atoms with Crippen LogP contribution in [0.2, 0.25) is 0 Å². The average Bonchev–Trinajstić information content (AvgIpc) is 2.85. The quantitative estimate of drug-likeness (QED) is 0.743. The van der Waals surface area contributed by atoms with Crippen molar-refractivity contribution in [3.8, 4) is 0 Å². The molecule has 1 saturated carbocycles. The molecule has 0 amide bonds. The smallest absolute Gasteiger partial charge is 0.0701 e. The summed E-state index contributed by atoms with van der Waals surface area (Å²) in [7, 11) is 2.30. The zero-order valence-corrected chi connectivity index (χ0v) is 14.2. The fourth-order valence-corrected chi connectivity index (χ4v) is 4.27. The summed E-state index contributed by atoms with van der Waals surface area (Å²) >= 11 is 5.32. The van der Waals surface area contributed by atoms with Crippen molar-refractivity contribution < 1.29 is 0 Å².